The van der Waals surface area contributed by atoms with E-state index >= 15 is 0 Å². The third kappa shape index (κ3) is 3.87. The first kappa shape index (κ1) is 19.9. The van der Waals surface area contributed by atoms with Gasteiger partial charge in [-0.3, -0.25) is 14.4 Å². The van der Waals surface area contributed by atoms with Gasteiger partial charge < -0.3 is 10.2 Å². The second-order valence-corrected chi connectivity index (χ2v) is 7.98. The fourth-order valence-corrected chi connectivity index (χ4v) is 3.98. The smallest absolute Gasteiger partial charge is 0.251 e. The number of nitrogens with zero attached hydrogens (tertiary/aromatic N) is 2. The lowest BCUT2D eigenvalue weighted by Gasteiger charge is -2.29. The van der Waals surface area contributed by atoms with Crippen LogP contribution in [-0.4, -0.2) is 30.0 Å². The van der Waals surface area contributed by atoms with Gasteiger partial charge in [0.15, 0.2) is 0 Å². The zero-order valence-corrected chi connectivity index (χ0v) is 16.8. The standard InChI is InChI=1S/C23H22FN3O3/c1-13(2)19-11-21(28)26-20-10-16(5-8-18(19)20)25-23(30)14-9-22(29)27(12-14)17-6-3-15(24)4-7-17/h3-8,10-11,13-14,18H,9,12H2,1-2H3,(H,26,28). The molecule has 0 spiro atoms. The predicted molar refractivity (Wildman–Crippen MR) is 111 cm³/mol. The highest BCUT2D eigenvalue weighted by molar-refractivity contribution is 6.12. The molecule has 0 bridgehead atoms. The number of benzene rings is 1. The van der Waals surface area contributed by atoms with Gasteiger partial charge in [-0.25, -0.2) is 9.38 Å². The number of rotatable bonds is 3. The lowest BCUT2D eigenvalue weighted by atomic mass is 9.82. The lowest BCUT2D eigenvalue weighted by Crippen LogP contribution is -2.34. The van der Waals surface area contributed by atoms with E-state index in [2.05, 4.69) is 10.3 Å². The molecule has 0 aromatic heterocycles. The quantitative estimate of drug-likeness (QED) is 0.837. The van der Waals surface area contributed by atoms with E-state index in [0.717, 1.165) is 5.57 Å². The van der Waals surface area contributed by atoms with Crippen LogP contribution in [0.4, 0.5) is 10.1 Å². The molecule has 7 heteroatoms. The molecule has 0 saturated carbocycles. The molecule has 1 aromatic rings. The molecule has 154 valence electrons. The molecule has 1 N–H and O–H groups in total. The maximum Gasteiger partial charge on any atom is 0.251 e. The number of fused-ring (bicyclic) bond motifs is 1. The molecule has 6 nitrogen and oxygen atoms in total. The predicted octanol–water partition coefficient (Wildman–Crippen LogP) is 2.93. The number of carbonyl (C=O) groups is 3. The van der Waals surface area contributed by atoms with Crippen LogP contribution in [0.25, 0.3) is 0 Å². The van der Waals surface area contributed by atoms with Gasteiger partial charge in [0.25, 0.3) is 5.91 Å². The Kier molecular flexibility index (Phi) is 5.20. The van der Waals surface area contributed by atoms with Crippen molar-refractivity contribution in [1.82, 2.24) is 5.32 Å². The summed E-state index contributed by atoms with van der Waals surface area (Å²) in [7, 11) is 0. The summed E-state index contributed by atoms with van der Waals surface area (Å²) in [5, 5.41) is 2.83. The van der Waals surface area contributed by atoms with Gasteiger partial charge in [0.05, 0.1) is 11.6 Å². The molecule has 2 aliphatic heterocycles. The van der Waals surface area contributed by atoms with Crippen molar-refractivity contribution in [2.24, 2.45) is 22.7 Å². The molecule has 4 rings (SSSR count). The lowest BCUT2D eigenvalue weighted by molar-refractivity contribution is -0.123. The first-order valence-electron chi connectivity index (χ1n) is 9.92. The number of hydrogen-bond acceptors (Lipinski definition) is 3. The van der Waals surface area contributed by atoms with Crippen LogP contribution in [0.1, 0.15) is 20.3 Å². The number of anilines is 1. The summed E-state index contributed by atoms with van der Waals surface area (Å²) in [5.41, 5.74) is 2.73. The summed E-state index contributed by atoms with van der Waals surface area (Å²) in [6, 6.07) is 5.61. The number of allylic oxidation sites excluding steroid dienone is 3. The maximum atomic E-state index is 13.1. The van der Waals surface area contributed by atoms with Crippen molar-refractivity contribution < 1.29 is 18.8 Å². The van der Waals surface area contributed by atoms with Gasteiger partial charge in [0.2, 0.25) is 11.8 Å². The van der Waals surface area contributed by atoms with Gasteiger partial charge in [-0.2, -0.15) is 0 Å². The Hall–Kier alpha value is -3.35. The Morgan fingerprint density at radius 3 is 2.63 bits per heavy atom. The average molecular weight is 407 g/mol. The molecule has 3 amide bonds. The van der Waals surface area contributed by atoms with Crippen molar-refractivity contribution in [2.45, 2.75) is 20.3 Å². The molecule has 1 aromatic carbocycles. The molecule has 1 saturated heterocycles. The normalized spacial score (nSPS) is 24.7. The first-order valence-corrected chi connectivity index (χ1v) is 9.92. The second kappa shape index (κ2) is 7.82. The Bertz CT molecular complexity index is 1030. The highest BCUT2D eigenvalue weighted by atomic mass is 19.1. The van der Waals surface area contributed by atoms with Crippen LogP contribution < -0.4 is 10.2 Å². The SMILES string of the molecule is CC(C)C1=CC(=O)NC2=CC(=NC(=O)C3CC(=O)N(c4ccc(F)cc4)C3)C=CC21. The number of carbonyl (C=O) groups excluding carboxylic acids is 3. The van der Waals surface area contributed by atoms with Gasteiger partial charge in [0.1, 0.15) is 5.82 Å². The number of aliphatic imine (C=N–C) groups is 1. The maximum absolute atomic E-state index is 13.1. The van der Waals surface area contributed by atoms with Crippen LogP contribution in [0.5, 0.6) is 0 Å². The Labute approximate surface area is 173 Å². The van der Waals surface area contributed by atoms with Crippen molar-refractivity contribution in [3.8, 4) is 0 Å². The summed E-state index contributed by atoms with van der Waals surface area (Å²) in [5.74, 6) is -1.51. The van der Waals surface area contributed by atoms with Crippen molar-refractivity contribution >= 4 is 29.1 Å². The van der Waals surface area contributed by atoms with E-state index in [1.807, 2.05) is 19.9 Å². The molecule has 2 unspecified atom stereocenters. The molecule has 30 heavy (non-hydrogen) atoms. The van der Waals surface area contributed by atoms with Gasteiger partial charge in [-0.05, 0) is 47.9 Å². The summed E-state index contributed by atoms with van der Waals surface area (Å²) >= 11 is 0. The molecule has 1 aliphatic carbocycles. The zero-order chi connectivity index (χ0) is 21.4. The van der Waals surface area contributed by atoms with E-state index in [1.54, 1.807) is 18.2 Å². The van der Waals surface area contributed by atoms with E-state index in [-0.39, 0.29) is 48.3 Å². The van der Waals surface area contributed by atoms with E-state index in [0.29, 0.717) is 17.1 Å². The van der Waals surface area contributed by atoms with Crippen molar-refractivity contribution in [3.63, 3.8) is 0 Å². The molecular weight excluding hydrogens is 385 g/mol. The number of amides is 3. The summed E-state index contributed by atoms with van der Waals surface area (Å²) in [6.07, 6.45) is 7.10. The fourth-order valence-electron chi connectivity index (χ4n) is 3.98. The molecule has 1 fully saturated rings. The minimum atomic E-state index is -0.563. The number of nitrogens with one attached hydrogen (secondary N) is 1. The monoisotopic (exact) mass is 407 g/mol. The van der Waals surface area contributed by atoms with Crippen LogP contribution >= 0.6 is 0 Å². The van der Waals surface area contributed by atoms with Crippen LogP contribution in [0.15, 0.2) is 64.8 Å². The van der Waals surface area contributed by atoms with E-state index in [4.69, 9.17) is 0 Å². The fraction of sp³-hybridized carbons (Fsp3) is 0.304. The molecule has 3 aliphatic rings. The first-order chi connectivity index (χ1) is 14.3. The average Bonchev–Trinajstić information content (AvgIpc) is 3.09. The van der Waals surface area contributed by atoms with Gasteiger partial charge in [-0.1, -0.05) is 19.9 Å². The van der Waals surface area contributed by atoms with Crippen LogP contribution in [0.2, 0.25) is 0 Å². The van der Waals surface area contributed by atoms with Crippen molar-refractivity contribution in [3.05, 3.63) is 65.7 Å². The molecule has 2 atom stereocenters. The largest absolute Gasteiger partial charge is 0.325 e. The number of halogens is 1. The summed E-state index contributed by atoms with van der Waals surface area (Å²) in [4.78, 5) is 42.7. The minimum absolute atomic E-state index is 0.0289. The highest BCUT2D eigenvalue weighted by Gasteiger charge is 2.35. The third-order valence-corrected chi connectivity index (χ3v) is 5.54. The van der Waals surface area contributed by atoms with Crippen LogP contribution in [0, 0.1) is 23.6 Å². The van der Waals surface area contributed by atoms with Gasteiger partial charge in [0, 0.05) is 36.3 Å². The molecular formula is C23H22FN3O3. The van der Waals surface area contributed by atoms with Crippen LogP contribution in [0.3, 0.4) is 0 Å². The van der Waals surface area contributed by atoms with Crippen LogP contribution in [-0.2, 0) is 14.4 Å². The van der Waals surface area contributed by atoms with Crippen molar-refractivity contribution in [1.29, 1.82) is 0 Å². The Balaban J connectivity index is 1.50. The van der Waals surface area contributed by atoms with Crippen molar-refractivity contribution in [2.75, 3.05) is 11.4 Å². The molecule has 2 heterocycles. The molecule has 0 radical (unpaired) electrons. The van der Waals surface area contributed by atoms with Gasteiger partial charge in [-0.15, -0.1) is 0 Å². The zero-order valence-electron chi connectivity index (χ0n) is 16.8. The van der Waals surface area contributed by atoms with Gasteiger partial charge >= 0.3 is 0 Å². The topological polar surface area (TPSA) is 78.8 Å². The Morgan fingerprint density at radius 2 is 1.93 bits per heavy atom. The van der Waals surface area contributed by atoms with E-state index in [9.17, 15) is 18.8 Å². The third-order valence-electron chi connectivity index (χ3n) is 5.54. The summed E-state index contributed by atoms with van der Waals surface area (Å²) in [6.45, 7) is 4.28. The van der Waals surface area contributed by atoms with E-state index < -0.39 is 5.92 Å². The summed E-state index contributed by atoms with van der Waals surface area (Å²) < 4.78 is 13.1. The number of hydrogen-bond donors (Lipinski definition) is 1. The van der Waals surface area contributed by atoms with E-state index in [1.165, 1.54) is 29.2 Å². The minimum Gasteiger partial charge on any atom is -0.325 e. The Morgan fingerprint density at radius 1 is 1.20 bits per heavy atom. The second-order valence-electron chi connectivity index (χ2n) is 7.98. The highest BCUT2D eigenvalue weighted by Crippen LogP contribution is 2.32.